The van der Waals surface area contributed by atoms with Crippen molar-refractivity contribution in [3.8, 4) is 0 Å². The topological polar surface area (TPSA) is 59.9 Å². The summed E-state index contributed by atoms with van der Waals surface area (Å²) >= 11 is 0. The molecule has 1 aromatic heterocycles. The van der Waals surface area contributed by atoms with Crippen molar-refractivity contribution in [3.63, 3.8) is 0 Å². The Morgan fingerprint density at radius 3 is 2.24 bits per heavy atom. The van der Waals surface area contributed by atoms with Crippen LogP contribution in [-0.4, -0.2) is 21.5 Å². The summed E-state index contributed by atoms with van der Waals surface area (Å²) in [5.74, 6) is 0.458. The molecule has 1 fully saturated rings. The zero-order chi connectivity index (χ0) is 17.6. The molecule has 0 saturated heterocycles. The molecule has 2 aromatic rings. The number of aromatic nitrogens is 2. The summed E-state index contributed by atoms with van der Waals surface area (Å²) in [7, 11) is 0. The normalized spacial score (nSPS) is 21.5. The monoisotopic (exact) mass is 336 g/mol. The van der Waals surface area contributed by atoms with Crippen LogP contribution >= 0.6 is 0 Å². The number of ketones is 2. The second-order valence-electron chi connectivity index (χ2n) is 6.89. The highest BCUT2D eigenvalue weighted by Crippen LogP contribution is 2.37. The van der Waals surface area contributed by atoms with Gasteiger partial charge in [0.1, 0.15) is 17.4 Å². The lowest BCUT2D eigenvalue weighted by Gasteiger charge is -2.29. The van der Waals surface area contributed by atoms with Gasteiger partial charge in [-0.1, -0.05) is 30.3 Å². The fourth-order valence-electron chi connectivity index (χ4n) is 3.78. The SMILES string of the molecule is CC(=O)C(Cc1ncccn1)C(=O)[C@H]1CC[C@H](c2ccccc2)CC1. The molecule has 0 bridgehead atoms. The predicted octanol–water partition coefficient (Wildman–Crippen LogP) is 3.77. The average molecular weight is 336 g/mol. The number of Topliss-reactive ketones (excluding diaryl/α,β-unsaturated/α-hetero) is 2. The number of rotatable bonds is 6. The van der Waals surface area contributed by atoms with Crippen molar-refractivity contribution in [2.24, 2.45) is 11.8 Å². The van der Waals surface area contributed by atoms with E-state index in [1.807, 2.05) is 6.07 Å². The maximum atomic E-state index is 12.9. The fourth-order valence-corrected chi connectivity index (χ4v) is 3.78. The molecular formula is C21H24N2O2. The summed E-state index contributed by atoms with van der Waals surface area (Å²) < 4.78 is 0. The molecule has 4 heteroatoms. The average Bonchev–Trinajstić information content (AvgIpc) is 2.67. The van der Waals surface area contributed by atoms with Crippen molar-refractivity contribution in [3.05, 3.63) is 60.2 Å². The molecule has 1 heterocycles. The van der Waals surface area contributed by atoms with E-state index in [2.05, 4.69) is 34.2 Å². The predicted molar refractivity (Wildman–Crippen MR) is 96.1 cm³/mol. The highest BCUT2D eigenvalue weighted by Gasteiger charge is 2.33. The van der Waals surface area contributed by atoms with Gasteiger partial charge in [0.25, 0.3) is 0 Å². The van der Waals surface area contributed by atoms with Crippen molar-refractivity contribution in [1.82, 2.24) is 9.97 Å². The zero-order valence-corrected chi connectivity index (χ0v) is 14.6. The number of carbonyl (C=O) groups is 2. The largest absolute Gasteiger partial charge is 0.299 e. The van der Waals surface area contributed by atoms with E-state index < -0.39 is 5.92 Å². The van der Waals surface area contributed by atoms with E-state index >= 15 is 0 Å². The second-order valence-corrected chi connectivity index (χ2v) is 6.89. The summed E-state index contributed by atoms with van der Waals surface area (Å²) in [4.78, 5) is 33.3. The standard InChI is InChI=1S/C21H24N2O2/c1-15(24)19(14-20-22-12-5-13-23-20)21(25)18-10-8-17(9-11-18)16-6-3-2-4-7-16/h2-7,12-13,17-19H,8-11,14H2,1H3/t17-,18-,19?. The number of benzene rings is 1. The Bertz CT molecular complexity index is 707. The van der Waals surface area contributed by atoms with Crippen molar-refractivity contribution in [2.75, 3.05) is 0 Å². The molecule has 0 aliphatic heterocycles. The first-order valence-corrected chi connectivity index (χ1v) is 9.00. The summed E-state index contributed by atoms with van der Waals surface area (Å²) in [5.41, 5.74) is 1.36. The van der Waals surface area contributed by atoms with E-state index in [0.29, 0.717) is 18.2 Å². The van der Waals surface area contributed by atoms with E-state index in [0.717, 1.165) is 25.7 Å². The molecule has 25 heavy (non-hydrogen) atoms. The summed E-state index contributed by atoms with van der Waals surface area (Å²) in [6.45, 7) is 1.50. The minimum absolute atomic E-state index is 0.0161. The van der Waals surface area contributed by atoms with E-state index in [1.54, 1.807) is 18.5 Å². The minimum Gasteiger partial charge on any atom is -0.299 e. The Morgan fingerprint density at radius 1 is 1.00 bits per heavy atom. The molecule has 1 unspecified atom stereocenters. The second kappa shape index (κ2) is 8.15. The lowest BCUT2D eigenvalue weighted by atomic mass is 9.74. The van der Waals surface area contributed by atoms with Crippen LogP contribution in [0.15, 0.2) is 48.8 Å². The van der Waals surface area contributed by atoms with Gasteiger partial charge >= 0.3 is 0 Å². The Hall–Kier alpha value is -2.36. The summed E-state index contributed by atoms with van der Waals surface area (Å²) in [6, 6.07) is 12.2. The van der Waals surface area contributed by atoms with Crippen LogP contribution in [0.4, 0.5) is 0 Å². The quantitative estimate of drug-likeness (QED) is 0.754. The molecule has 1 aliphatic carbocycles. The molecule has 0 spiro atoms. The molecular weight excluding hydrogens is 312 g/mol. The van der Waals surface area contributed by atoms with Gasteiger partial charge in [0.15, 0.2) is 0 Å². The molecule has 1 aliphatic rings. The molecule has 1 aromatic carbocycles. The molecule has 3 rings (SSSR count). The molecule has 1 atom stereocenters. The van der Waals surface area contributed by atoms with Gasteiger partial charge in [-0.2, -0.15) is 0 Å². The maximum absolute atomic E-state index is 12.9. The Balaban J connectivity index is 1.63. The molecule has 1 saturated carbocycles. The van der Waals surface area contributed by atoms with Crippen LogP contribution in [0, 0.1) is 11.8 Å². The van der Waals surface area contributed by atoms with Gasteiger partial charge in [-0.25, -0.2) is 9.97 Å². The number of carbonyl (C=O) groups excluding carboxylic acids is 2. The van der Waals surface area contributed by atoms with Crippen LogP contribution in [0.5, 0.6) is 0 Å². The van der Waals surface area contributed by atoms with Crippen LogP contribution in [0.25, 0.3) is 0 Å². The van der Waals surface area contributed by atoms with E-state index in [-0.39, 0.29) is 17.5 Å². The van der Waals surface area contributed by atoms with E-state index in [4.69, 9.17) is 0 Å². The van der Waals surface area contributed by atoms with E-state index in [1.165, 1.54) is 12.5 Å². The van der Waals surface area contributed by atoms with Gasteiger partial charge in [-0.3, -0.25) is 9.59 Å². The lowest BCUT2D eigenvalue weighted by molar-refractivity contribution is -0.134. The molecule has 130 valence electrons. The van der Waals surface area contributed by atoms with Crippen LogP contribution in [0.3, 0.4) is 0 Å². The number of hydrogen-bond donors (Lipinski definition) is 0. The van der Waals surface area contributed by atoms with Crippen molar-refractivity contribution >= 4 is 11.6 Å². The van der Waals surface area contributed by atoms with Gasteiger partial charge in [0.05, 0.1) is 5.92 Å². The van der Waals surface area contributed by atoms with E-state index in [9.17, 15) is 9.59 Å². The third-order valence-electron chi connectivity index (χ3n) is 5.24. The first-order valence-electron chi connectivity index (χ1n) is 9.00. The molecule has 0 N–H and O–H groups in total. The van der Waals surface area contributed by atoms with Crippen molar-refractivity contribution < 1.29 is 9.59 Å². The third kappa shape index (κ3) is 4.38. The minimum atomic E-state index is -0.610. The number of nitrogens with zero attached hydrogens (tertiary/aromatic N) is 2. The van der Waals surface area contributed by atoms with Crippen LogP contribution in [0.2, 0.25) is 0 Å². The van der Waals surface area contributed by atoms with Crippen LogP contribution < -0.4 is 0 Å². The summed E-state index contributed by atoms with van der Waals surface area (Å²) in [6.07, 6.45) is 7.34. The molecule has 0 radical (unpaired) electrons. The van der Waals surface area contributed by atoms with Gasteiger partial charge in [0.2, 0.25) is 0 Å². The first-order chi connectivity index (χ1) is 12.1. The Labute approximate surface area is 148 Å². The third-order valence-corrected chi connectivity index (χ3v) is 5.24. The van der Waals surface area contributed by atoms with Crippen LogP contribution in [-0.2, 0) is 16.0 Å². The van der Waals surface area contributed by atoms with Gasteiger partial charge in [-0.15, -0.1) is 0 Å². The molecule has 4 nitrogen and oxygen atoms in total. The van der Waals surface area contributed by atoms with Crippen molar-refractivity contribution in [2.45, 2.75) is 44.9 Å². The highest BCUT2D eigenvalue weighted by atomic mass is 16.1. The Kier molecular flexibility index (Phi) is 5.69. The number of hydrogen-bond acceptors (Lipinski definition) is 4. The summed E-state index contributed by atoms with van der Waals surface area (Å²) in [5, 5.41) is 0. The highest BCUT2D eigenvalue weighted by molar-refractivity contribution is 6.02. The van der Waals surface area contributed by atoms with Crippen LogP contribution in [0.1, 0.15) is 49.9 Å². The lowest BCUT2D eigenvalue weighted by Crippen LogP contribution is -2.32. The Morgan fingerprint density at radius 2 is 1.64 bits per heavy atom. The molecule has 0 amide bonds. The van der Waals surface area contributed by atoms with Crippen molar-refractivity contribution in [1.29, 1.82) is 0 Å². The fraction of sp³-hybridized carbons (Fsp3) is 0.429. The smallest absolute Gasteiger partial charge is 0.146 e. The van der Waals surface area contributed by atoms with Gasteiger partial charge in [-0.05, 0) is 50.2 Å². The van der Waals surface area contributed by atoms with Gasteiger partial charge in [0, 0.05) is 24.7 Å². The van der Waals surface area contributed by atoms with Gasteiger partial charge < -0.3 is 0 Å². The zero-order valence-electron chi connectivity index (χ0n) is 14.6. The maximum Gasteiger partial charge on any atom is 0.146 e. The first kappa shape index (κ1) is 17.5.